The number of fused-ring (bicyclic) bond motifs is 3. The summed E-state index contributed by atoms with van der Waals surface area (Å²) in [5.41, 5.74) is 5.14. The summed E-state index contributed by atoms with van der Waals surface area (Å²) in [6, 6.07) is 5.88. The molecule has 0 unspecified atom stereocenters. The highest BCUT2D eigenvalue weighted by atomic mass is 16.5. The molecule has 0 N–H and O–H groups in total. The van der Waals surface area contributed by atoms with Crippen LogP contribution in [0.4, 0.5) is 0 Å². The van der Waals surface area contributed by atoms with Crippen molar-refractivity contribution in [3.05, 3.63) is 58.9 Å². The number of methoxy groups -OCH3 is 1. The molecule has 5 rings (SSSR count). The van der Waals surface area contributed by atoms with Gasteiger partial charge in [-0.05, 0) is 42.9 Å². The third-order valence-corrected chi connectivity index (χ3v) is 5.12. The molecule has 2 aliphatic carbocycles. The van der Waals surface area contributed by atoms with E-state index in [9.17, 15) is 4.79 Å². The highest BCUT2D eigenvalue weighted by Gasteiger charge is 2.39. The van der Waals surface area contributed by atoms with E-state index < -0.39 is 5.97 Å². The van der Waals surface area contributed by atoms with Gasteiger partial charge in [0.05, 0.1) is 25.0 Å². The Morgan fingerprint density at radius 1 is 1.35 bits per heavy atom. The summed E-state index contributed by atoms with van der Waals surface area (Å²) in [5.74, 6) is 1.22. The van der Waals surface area contributed by atoms with E-state index in [1.165, 1.54) is 12.7 Å². The first-order valence-corrected chi connectivity index (χ1v) is 8.95. The second kappa shape index (κ2) is 5.83. The van der Waals surface area contributed by atoms with Gasteiger partial charge in [0.2, 0.25) is 5.76 Å². The lowest BCUT2D eigenvalue weighted by Crippen LogP contribution is -2.04. The quantitative estimate of drug-likeness (QED) is 0.676. The minimum absolute atomic E-state index is 0.368. The molecule has 132 valence electrons. The fourth-order valence-corrected chi connectivity index (χ4v) is 3.78. The number of carbonyl (C=O) groups is 1. The molecule has 2 aliphatic rings. The zero-order chi connectivity index (χ0) is 17.7. The standard InChI is InChI=1S/C20H19N3O3/c1-25-20(24)19-16(12-5-6-12)17-15(26-19)8-7-13-10-23(22-18(13)17)11-14-4-2-3-9-21-14/h2-4,9-10,12H,5-8,11H2,1H3. The van der Waals surface area contributed by atoms with E-state index in [-0.39, 0.29) is 0 Å². The van der Waals surface area contributed by atoms with E-state index in [2.05, 4.69) is 11.2 Å². The molecule has 3 aromatic heterocycles. The van der Waals surface area contributed by atoms with Gasteiger partial charge < -0.3 is 9.15 Å². The Labute approximate surface area is 150 Å². The van der Waals surface area contributed by atoms with Gasteiger partial charge in [-0.1, -0.05) is 6.07 Å². The van der Waals surface area contributed by atoms with Crippen molar-refractivity contribution in [1.82, 2.24) is 14.8 Å². The van der Waals surface area contributed by atoms with Gasteiger partial charge in [0.15, 0.2) is 0 Å². The topological polar surface area (TPSA) is 70.2 Å². The Balaban J connectivity index is 1.59. The second-order valence-electron chi connectivity index (χ2n) is 6.93. The average molecular weight is 349 g/mol. The van der Waals surface area contributed by atoms with E-state index >= 15 is 0 Å². The van der Waals surface area contributed by atoms with Crippen LogP contribution in [0.25, 0.3) is 11.3 Å². The van der Waals surface area contributed by atoms with Crippen molar-refractivity contribution in [3.8, 4) is 11.3 Å². The van der Waals surface area contributed by atoms with Gasteiger partial charge in [-0.2, -0.15) is 5.10 Å². The van der Waals surface area contributed by atoms with Crippen LogP contribution in [-0.4, -0.2) is 27.8 Å². The maximum atomic E-state index is 12.2. The maximum absolute atomic E-state index is 12.2. The molecular weight excluding hydrogens is 330 g/mol. The zero-order valence-electron chi connectivity index (χ0n) is 14.6. The minimum Gasteiger partial charge on any atom is -0.463 e. The van der Waals surface area contributed by atoms with E-state index in [4.69, 9.17) is 14.3 Å². The number of nitrogens with zero attached hydrogens (tertiary/aromatic N) is 3. The first-order valence-electron chi connectivity index (χ1n) is 8.95. The predicted octanol–water partition coefficient (Wildman–Crippen LogP) is 3.35. The van der Waals surface area contributed by atoms with Crippen molar-refractivity contribution in [2.75, 3.05) is 7.11 Å². The number of ether oxygens (including phenoxy) is 1. The summed E-state index contributed by atoms with van der Waals surface area (Å²) in [6.45, 7) is 0.629. The minimum atomic E-state index is -0.393. The number of aryl methyl sites for hydroxylation is 2. The molecule has 0 aliphatic heterocycles. The van der Waals surface area contributed by atoms with Gasteiger partial charge in [0.25, 0.3) is 0 Å². The molecule has 0 radical (unpaired) electrons. The van der Waals surface area contributed by atoms with Crippen LogP contribution in [0.2, 0.25) is 0 Å². The first kappa shape index (κ1) is 15.4. The fraction of sp³-hybridized carbons (Fsp3) is 0.350. The molecule has 1 saturated carbocycles. The summed E-state index contributed by atoms with van der Waals surface area (Å²) in [5, 5.41) is 4.82. The largest absolute Gasteiger partial charge is 0.463 e. The average Bonchev–Trinajstić information content (AvgIpc) is 3.30. The number of rotatable bonds is 4. The number of hydrogen-bond donors (Lipinski definition) is 0. The first-order chi connectivity index (χ1) is 12.7. The van der Waals surface area contributed by atoms with Crippen LogP contribution in [0.15, 0.2) is 35.0 Å². The summed E-state index contributed by atoms with van der Waals surface area (Å²) in [7, 11) is 1.40. The van der Waals surface area contributed by atoms with Crippen molar-refractivity contribution >= 4 is 5.97 Å². The molecule has 6 nitrogen and oxygen atoms in total. The van der Waals surface area contributed by atoms with Gasteiger partial charge in [0, 0.05) is 29.9 Å². The van der Waals surface area contributed by atoms with Gasteiger partial charge >= 0.3 is 5.97 Å². The van der Waals surface area contributed by atoms with Crippen LogP contribution in [-0.2, 0) is 24.1 Å². The van der Waals surface area contributed by atoms with E-state index in [0.717, 1.165) is 54.0 Å². The number of furan rings is 1. The van der Waals surface area contributed by atoms with Crippen LogP contribution in [0.1, 0.15) is 51.9 Å². The summed E-state index contributed by atoms with van der Waals surface area (Å²) in [4.78, 5) is 16.6. The Morgan fingerprint density at radius 2 is 2.23 bits per heavy atom. The Hall–Kier alpha value is -2.89. The smallest absolute Gasteiger partial charge is 0.374 e. The zero-order valence-corrected chi connectivity index (χ0v) is 14.6. The van der Waals surface area contributed by atoms with E-state index in [1.54, 1.807) is 6.20 Å². The molecule has 3 aromatic rings. The second-order valence-corrected chi connectivity index (χ2v) is 6.93. The number of hydrogen-bond acceptors (Lipinski definition) is 5. The molecule has 0 bridgehead atoms. The van der Waals surface area contributed by atoms with Crippen LogP contribution >= 0.6 is 0 Å². The van der Waals surface area contributed by atoms with Crippen LogP contribution < -0.4 is 0 Å². The fourth-order valence-electron chi connectivity index (χ4n) is 3.78. The van der Waals surface area contributed by atoms with E-state index in [0.29, 0.717) is 18.2 Å². The summed E-state index contributed by atoms with van der Waals surface area (Å²) >= 11 is 0. The van der Waals surface area contributed by atoms with Crippen molar-refractivity contribution in [2.24, 2.45) is 0 Å². The molecule has 6 heteroatoms. The van der Waals surface area contributed by atoms with Crippen molar-refractivity contribution in [1.29, 1.82) is 0 Å². The summed E-state index contributed by atoms with van der Waals surface area (Å²) in [6.07, 6.45) is 7.70. The Bertz CT molecular complexity index is 983. The van der Waals surface area contributed by atoms with E-state index in [1.807, 2.05) is 22.9 Å². The lowest BCUT2D eigenvalue weighted by molar-refractivity contribution is 0.0561. The molecule has 3 heterocycles. The maximum Gasteiger partial charge on any atom is 0.374 e. The number of esters is 1. The highest BCUT2D eigenvalue weighted by Crippen LogP contribution is 2.50. The Kier molecular flexibility index (Phi) is 3.45. The molecule has 0 spiro atoms. The van der Waals surface area contributed by atoms with Crippen molar-refractivity contribution in [2.45, 2.75) is 38.1 Å². The lowest BCUT2D eigenvalue weighted by Gasteiger charge is -2.10. The van der Waals surface area contributed by atoms with Gasteiger partial charge in [-0.3, -0.25) is 9.67 Å². The van der Waals surface area contributed by atoms with Gasteiger partial charge in [-0.25, -0.2) is 4.79 Å². The van der Waals surface area contributed by atoms with Crippen molar-refractivity contribution in [3.63, 3.8) is 0 Å². The lowest BCUT2D eigenvalue weighted by atomic mass is 9.91. The van der Waals surface area contributed by atoms with Crippen molar-refractivity contribution < 1.29 is 13.9 Å². The SMILES string of the molecule is COC(=O)c1oc2c(c1C1CC1)-c1nn(Cc3ccccn3)cc1CC2. The monoisotopic (exact) mass is 349 g/mol. The summed E-state index contributed by atoms with van der Waals surface area (Å²) < 4.78 is 12.8. The molecule has 1 fully saturated rings. The highest BCUT2D eigenvalue weighted by molar-refractivity contribution is 5.92. The van der Waals surface area contributed by atoms with Crippen LogP contribution in [0.3, 0.4) is 0 Å². The van der Waals surface area contributed by atoms with Crippen LogP contribution in [0, 0.1) is 0 Å². The number of aromatic nitrogens is 3. The Morgan fingerprint density at radius 3 is 2.96 bits per heavy atom. The predicted molar refractivity (Wildman–Crippen MR) is 94.0 cm³/mol. The third-order valence-electron chi connectivity index (χ3n) is 5.12. The third kappa shape index (κ3) is 2.44. The molecule has 0 atom stereocenters. The van der Waals surface area contributed by atoms with Gasteiger partial charge in [-0.15, -0.1) is 0 Å². The molecule has 26 heavy (non-hydrogen) atoms. The van der Waals surface area contributed by atoms with Crippen LogP contribution in [0.5, 0.6) is 0 Å². The molecule has 0 amide bonds. The molecular formula is C20H19N3O3. The molecule has 0 saturated heterocycles. The number of pyridine rings is 1. The molecule has 0 aromatic carbocycles. The number of carbonyl (C=O) groups excluding carboxylic acids is 1. The normalized spacial score (nSPS) is 15.4. The van der Waals surface area contributed by atoms with Gasteiger partial charge in [0.1, 0.15) is 5.76 Å².